The standard InChI is InChI=1S/C17H21BrFNO4/c1-11-4-3-5-12(2)20(11)16(21)9-24-17(22)10-23-15-7-6-13(18)8-14(15)19/h6-8,11-12H,3-5,9-10H2,1-2H3. The van der Waals surface area contributed by atoms with Gasteiger partial charge < -0.3 is 14.4 Å². The molecule has 1 amide bonds. The van der Waals surface area contributed by atoms with Crippen LogP contribution in [0.3, 0.4) is 0 Å². The zero-order chi connectivity index (χ0) is 17.7. The number of rotatable bonds is 5. The third-order valence-corrected chi connectivity index (χ3v) is 4.57. The molecule has 0 aromatic heterocycles. The molecule has 0 bridgehead atoms. The van der Waals surface area contributed by atoms with Gasteiger partial charge in [-0.05, 0) is 51.3 Å². The number of hydrogen-bond acceptors (Lipinski definition) is 4. The molecule has 1 heterocycles. The highest BCUT2D eigenvalue weighted by Crippen LogP contribution is 2.23. The molecule has 24 heavy (non-hydrogen) atoms. The van der Waals surface area contributed by atoms with E-state index in [1.807, 2.05) is 13.8 Å². The Balaban J connectivity index is 1.79. The van der Waals surface area contributed by atoms with E-state index < -0.39 is 18.4 Å². The summed E-state index contributed by atoms with van der Waals surface area (Å²) in [6, 6.07) is 4.55. The topological polar surface area (TPSA) is 55.8 Å². The van der Waals surface area contributed by atoms with Gasteiger partial charge in [-0.25, -0.2) is 9.18 Å². The average molecular weight is 402 g/mol. The van der Waals surface area contributed by atoms with Crippen LogP contribution in [0.25, 0.3) is 0 Å². The third-order valence-electron chi connectivity index (χ3n) is 4.08. The quantitative estimate of drug-likeness (QED) is 0.710. The highest BCUT2D eigenvalue weighted by Gasteiger charge is 2.29. The minimum atomic E-state index is -0.706. The fourth-order valence-electron chi connectivity index (χ4n) is 2.90. The number of amides is 1. The van der Waals surface area contributed by atoms with Crippen molar-refractivity contribution in [3.8, 4) is 5.75 Å². The fourth-order valence-corrected chi connectivity index (χ4v) is 3.23. The first kappa shape index (κ1) is 18.7. The van der Waals surface area contributed by atoms with Crippen molar-refractivity contribution in [1.29, 1.82) is 0 Å². The van der Waals surface area contributed by atoms with Crippen LogP contribution in [0.1, 0.15) is 33.1 Å². The Hall–Kier alpha value is -1.63. The maximum atomic E-state index is 13.6. The normalized spacial score (nSPS) is 20.6. The van der Waals surface area contributed by atoms with Crippen LogP contribution in [0.15, 0.2) is 22.7 Å². The SMILES string of the molecule is CC1CCCC(C)N1C(=O)COC(=O)COc1ccc(Br)cc1F. The van der Waals surface area contributed by atoms with Crippen molar-refractivity contribution in [1.82, 2.24) is 4.90 Å². The van der Waals surface area contributed by atoms with E-state index in [1.54, 1.807) is 11.0 Å². The summed E-state index contributed by atoms with van der Waals surface area (Å²) >= 11 is 3.14. The van der Waals surface area contributed by atoms with Crippen molar-refractivity contribution in [2.75, 3.05) is 13.2 Å². The lowest BCUT2D eigenvalue weighted by Gasteiger charge is -2.38. The molecule has 0 spiro atoms. The van der Waals surface area contributed by atoms with Crippen LogP contribution < -0.4 is 4.74 Å². The lowest BCUT2D eigenvalue weighted by atomic mass is 9.97. The van der Waals surface area contributed by atoms with Gasteiger partial charge in [-0.2, -0.15) is 0 Å². The van der Waals surface area contributed by atoms with Crippen LogP contribution in [0, 0.1) is 5.82 Å². The van der Waals surface area contributed by atoms with Crippen molar-refractivity contribution >= 4 is 27.8 Å². The van der Waals surface area contributed by atoms with E-state index in [0.717, 1.165) is 19.3 Å². The smallest absolute Gasteiger partial charge is 0.344 e. The number of ether oxygens (including phenoxy) is 2. The molecule has 1 aromatic carbocycles. The maximum absolute atomic E-state index is 13.6. The molecule has 1 fully saturated rings. The highest BCUT2D eigenvalue weighted by atomic mass is 79.9. The van der Waals surface area contributed by atoms with Crippen molar-refractivity contribution < 1.29 is 23.5 Å². The Kier molecular flexibility index (Phi) is 6.60. The van der Waals surface area contributed by atoms with Gasteiger partial charge in [0.25, 0.3) is 5.91 Å². The summed E-state index contributed by atoms with van der Waals surface area (Å²) in [6.07, 6.45) is 3.00. The molecule has 1 saturated heterocycles. The molecular formula is C17H21BrFNO4. The largest absolute Gasteiger partial charge is 0.479 e. The fraction of sp³-hybridized carbons (Fsp3) is 0.529. The van der Waals surface area contributed by atoms with Gasteiger partial charge in [0.05, 0.1) is 0 Å². The second-order valence-corrected chi connectivity index (χ2v) is 6.87. The number of nitrogens with zero attached hydrogens (tertiary/aromatic N) is 1. The van der Waals surface area contributed by atoms with Crippen LogP contribution in [0.4, 0.5) is 4.39 Å². The van der Waals surface area contributed by atoms with E-state index in [2.05, 4.69) is 15.9 Å². The van der Waals surface area contributed by atoms with E-state index in [9.17, 15) is 14.0 Å². The molecule has 0 aliphatic carbocycles. The van der Waals surface area contributed by atoms with Gasteiger partial charge in [0.2, 0.25) is 0 Å². The van der Waals surface area contributed by atoms with Gasteiger partial charge >= 0.3 is 5.97 Å². The van der Waals surface area contributed by atoms with Crippen LogP contribution in [0.5, 0.6) is 5.75 Å². The molecule has 132 valence electrons. The first-order chi connectivity index (χ1) is 11.4. The zero-order valence-corrected chi connectivity index (χ0v) is 15.3. The number of benzene rings is 1. The van der Waals surface area contributed by atoms with Crippen molar-refractivity contribution in [2.24, 2.45) is 0 Å². The Labute approximate surface area is 149 Å². The molecule has 0 saturated carbocycles. The summed E-state index contributed by atoms with van der Waals surface area (Å²) in [6.45, 7) is 3.22. The van der Waals surface area contributed by atoms with Gasteiger partial charge in [0.15, 0.2) is 24.8 Å². The molecule has 1 aromatic rings. The van der Waals surface area contributed by atoms with E-state index in [-0.39, 0.29) is 30.3 Å². The Bertz CT molecular complexity index is 600. The third kappa shape index (κ3) is 4.93. The number of esters is 1. The summed E-state index contributed by atoms with van der Waals surface area (Å²) in [5.74, 6) is -1.54. The Morgan fingerprint density at radius 1 is 1.25 bits per heavy atom. The summed E-state index contributed by atoms with van der Waals surface area (Å²) < 4.78 is 24.2. The molecule has 7 heteroatoms. The molecule has 2 unspecified atom stereocenters. The summed E-state index contributed by atoms with van der Waals surface area (Å²) in [7, 11) is 0. The number of piperidine rings is 1. The molecule has 2 rings (SSSR count). The lowest BCUT2D eigenvalue weighted by molar-refractivity contribution is -0.156. The predicted octanol–water partition coefficient (Wildman–Crippen LogP) is 3.30. The second kappa shape index (κ2) is 8.46. The summed E-state index contributed by atoms with van der Waals surface area (Å²) in [5, 5.41) is 0. The first-order valence-electron chi connectivity index (χ1n) is 7.93. The maximum Gasteiger partial charge on any atom is 0.344 e. The summed E-state index contributed by atoms with van der Waals surface area (Å²) in [4.78, 5) is 25.7. The van der Waals surface area contributed by atoms with Gasteiger partial charge in [-0.3, -0.25) is 4.79 Å². The molecule has 1 aliphatic rings. The first-order valence-corrected chi connectivity index (χ1v) is 8.72. The van der Waals surface area contributed by atoms with Gasteiger partial charge in [-0.15, -0.1) is 0 Å². The van der Waals surface area contributed by atoms with E-state index >= 15 is 0 Å². The molecule has 1 aliphatic heterocycles. The minimum absolute atomic E-state index is 0.0419. The molecule has 0 radical (unpaired) electrons. The van der Waals surface area contributed by atoms with Crippen LogP contribution in [-0.2, 0) is 14.3 Å². The van der Waals surface area contributed by atoms with Crippen LogP contribution >= 0.6 is 15.9 Å². The number of carbonyl (C=O) groups is 2. The molecule has 5 nitrogen and oxygen atoms in total. The number of halogens is 2. The minimum Gasteiger partial charge on any atom is -0.479 e. The van der Waals surface area contributed by atoms with Gasteiger partial charge in [-0.1, -0.05) is 15.9 Å². The number of carbonyl (C=O) groups excluding carboxylic acids is 2. The second-order valence-electron chi connectivity index (χ2n) is 5.95. The number of hydrogen-bond donors (Lipinski definition) is 0. The van der Waals surface area contributed by atoms with Gasteiger partial charge in [0.1, 0.15) is 0 Å². The average Bonchev–Trinajstić information content (AvgIpc) is 2.52. The van der Waals surface area contributed by atoms with E-state index in [4.69, 9.17) is 9.47 Å². The Morgan fingerprint density at radius 3 is 2.54 bits per heavy atom. The number of likely N-dealkylation sites (tertiary alicyclic amines) is 1. The lowest BCUT2D eigenvalue weighted by Crippen LogP contribution is -2.49. The zero-order valence-electron chi connectivity index (χ0n) is 13.8. The van der Waals surface area contributed by atoms with Gasteiger partial charge in [0, 0.05) is 16.6 Å². The van der Waals surface area contributed by atoms with Crippen LogP contribution in [0.2, 0.25) is 0 Å². The monoisotopic (exact) mass is 401 g/mol. The van der Waals surface area contributed by atoms with E-state index in [0.29, 0.717) is 4.47 Å². The molecule has 2 atom stereocenters. The Morgan fingerprint density at radius 2 is 1.92 bits per heavy atom. The van der Waals surface area contributed by atoms with Crippen molar-refractivity contribution in [2.45, 2.75) is 45.2 Å². The molecule has 0 N–H and O–H groups in total. The van der Waals surface area contributed by atoms with Crippen molar-refractivity contribution in [3.63, 3.8) is 0 Å². The summed E-state index contributed by atoms with van der Waals surface area (Å²) in [5.41, 5.74) is 0. The predicted molar refractivity (Wildman–Crippen MR) is 90.2 cm³/mol. The van der Waals surface area contributed by atoms with E-state index in [1.165, 1.54) is 12.1 Å². The highest BCUT2D eigenvalue weighted by molar-refractivity contribution is 9.10. The van der Waals surface area contributed by atoms with Crippen LogP contribution in [-0.4, -0.2) is 42.1 Å². The molecular weight excluding hydrogens is 381 g/mol. The van der Waals surface area contributed by atoms with Crippen molar-refractivity contribution in [3.05, 3.63) is 28.5 Å².